The zero-order valence-corrected chi connectivity index (χ0v) is 13.1. The maximum Gasteiger partial charge on any atom is 0.250 e. The number of rotatable bonds is 5. The first kappa shape index (κ1) is 15.3. The van der Waals surface area contributed by atoms with Crippen molar-refractivity contribution in [2.75, 3.05) is 12.4 Å². The number of thiazole rings is 1. The van der Waals surface area contributed by atoms with Crippen molar-refractivity contribution in [1.29, 1.82) is 0 Å². The number of carbonyl (C=O) groups is 1. The summed E-state index contributed by atoms with van der Waals surface area (Å²) in [4.78, 5) is 16.2. The highest BCUT2D eigenvalue weighted by atomic mass is 32.1. The van der Waals surface area contributed by atoms with Crippen molar-refractivity contribution < 1.29 is 9.53 Å². The molecule has 0 atom stereocenters. The van der Waals surface area contributed by atoms with E-state index in [4.69, 9.17) is 4.74 Å². The van der Waals surface area contributed by atoms with Crippen LogP contribution in [0.15, 0.2) is 35.7 Å². The van der Waals surface area contributed by atoms with Crippen LogP contribution in [0.2, 0.25) is 0 Å². The summed E-state index contributed by atoms with van der Waals surface area (Å²) < 4.78 is 5.14. The fourth-order valence-electron chi connectivity index (χ4n) is 1.67. The number of hydrogen-bond acceptors (Lipinski definition) is 4. The molecule has 0 aliphatic carbocycles. The van der Waals surface area contributed by atoms with Gasteiger partial charge in [0.15, 0.2) is 5.13 Å². The van der Waals surface area contributed by atoms with Crippen molar-refractivity contribution in [3.8, 4) is 5.75 Å². The summed E-state index contributed by atoms with van der Waals surface area (Å²) in [5.41, 5.74) is 1.90. The van der Waals surface area contributed by atoms with Crippen LogP contribution in [0.4, 0.5) is 5.13 Å². The van der Waals surface area contributed by atoms with Crippen molar-refractivity contribution in [1.82, 2.24) is 4.98 Å². The van der Waals surface area contributed by atoms with Gasteiger partial charge in [-0.25, -0.2) is 4.98 Å². The third kappa shape index (κ3) is 4.43. The number of methoxy groups -OCH3 is 1. The van der Waals surface area contributed by atoms with Gasteiger partial charge in [-0.2, -0.15) is 0 Å². The van der Waals surface area contributed by atoms with E-state index in [1.807, 2.05) is 29.6 Å². The van der Waals surface area contributed by atoms with E-state index in [-0.39, 0.29) is 5.91 Å². The van der Waals surface area contributed by atoms with Crippen molar-refractivity contribution in [2.45, 2.75) is 19.8 Å². The molecule has 0 spiro atoms. The molecule has 0 radical (unpaired) electrons. The van der Waals surface area contributed by atoms with Crippen LogP contribution in [0.3, 0.4) is 0 Å². The van der Waals surface area contributed by atoms with E-state index in [1.165, 1.54) is 17.4 Å². The molecule has 0 aliphatic heterocycles. The minimum Gasteiger partial charge on any atom is -0.497 e. The topological polar surface area (TPSA) is 51.2 Å². The maximum atomic E-state index is 11.9. The van der Waals surface area contributed by atoms with E-state index in [9.17, 15) is 4.79 Å². The number of nitrogens with one attached hydrogen (secondary N) is 1. The zero-order valence-electron chi connectivity index (χ0n) is 12.3. The van der Waals surface area contributed by atoms with Crippen LogP contribution in [-0.2, 0) is 4.79 Å². The Morgan fingerprint density at radius 1 is 1.43 bits per heavy atom. The first-order chi connectivity index (χ1) is 10.1. The highest BCUT2D eigenvalue weighted by Gasteiger charge is 2.06. The minimum absolute atomic E-state index is 0.192. The number of nitrogens with zero attached hydrogens (tertiary/aromatic N) is 1. The summed E-state index contributed by atoms with van der Waals surface area (Å²) in [6, 6.07) is 7.52. The molecule has 0 saturated carbocycles. The lowest BCUT2D eigenvalue weighted by Gasteiger charge is -2.00. The van der Waals surface area contributed by atoms with Gasteiger partial charge in [-0.1, -0.05) is 26.0 Å². The van der Waals surface area contributed by atoms with Gasteiger partial charge < -0.3 is 4.74 Å². The molecule has 1 N–H and O–H groups in total. The van der Waals surface area contributed by atoms with Gasteiger partial charge in [0.05, 0.1) is 12.8 Å². The van der Waals surface area contributed by atoms with Gasteiger partial charge in [0.25, 0.3) is 0 Å². The molecule has 0 saturated heterocycles. The lowest BCUT2D eigenvalue weighted by Crippen LogP contribution is -2.07. The third-order valence-electron chi connectivity index (χ3n) is 2.86. The number of benzene rings is 1. The molecular weight excluding hydrogens is 284 g/mol. The average Bonchev–Trinajstić information content (AvgIpc) is 2.94. The molecule has 0 fully saturated rings. The maximum absolute atomic E-state index is 11.9. The van der Waals surface area contributed by atoms with E-state index in [1.54, 1.807) is 13.2 Å². The Labute approximate surface area is 128 Å². The Morgan fingerprint density at radius 2 is 2.24 bits per heavy atom. The van der Waals surface area contributed by atoms with Gasteiger partial charge in [-0.15, -0.1) is 11.3 Å². The summed E-state index contributed by atoms with van der Waals surface area (Å²) in [5, 5.41) is 5.35. The summed E-state index contributed by atoms with van der Waals surface area (Å²) in [7, 11) is 1.62. The fraction of sp³-hybridized carbons (Fsp3) is 0.250. The summed E-state index contributed by atoms with van der Waals surface area (Å²) in [6.45, 7) is 4.15. The fourth-order valence-corrected chi connectivity index (χ4v) is 2.55. The molecule has 1 heterocycles. The number of amides is 1. The van der Waals surface area contributed by atoms with Crippen molar-refractivity contribution in [2.24, 2.45) is 0 Å². The molecule has 21 heavy (non-hydrogen) atoms. The highest BCUT2D eigenvalue weighted by molar-refractivity contribution is 7.14. The summed E-state index contributed by atoms with van der Waals surface area (Å²) in [6.07, 6.45) is 3.24. The van der Waals surface area contributed by atoms with Crippen molar-refractivity contribution in [3.63, 3.8) is 0 Å². The van der Waals surface area contributed by atoms with Crippen LogP contribution in [0.1, 0.15) is 31.0 Å². The predicted molar refractivity (Wildman–Crippen MR) is 86.9 cm³/mol. The molecule has 2 rings (SSSR count). The molecule has 5 heteroatoms. The second-order valence-corrected chi connectivity index (χ2v) is 5.69. The quantitative estimate of drug-likeness (QED) is 0.851. The zero-order chi connectivity index (χ0) is 15.2. The Hall–Kier alpha value is -2.14. The number of hydrogen-bond donors (Lipinski definition) is 1. The first-order valence-electron chi connectivity index (χ1n) is 6.67. The van der Waals surface area contributed by atoms with Gasteiger partial charge in [0.2, 0.25) is 5.91 Å². The number of ether oxygens (including phenoxy) is 1. The van der Waals surface area contributed by atoms with Crippen LogP contribution in [0.5, 0.6) is 5.75 Å². The lowest BCUT2D eigenvalue weighted by atomic mass is 10.2. The first-order valence-corrected chi connectivity index (χ1v) is 7.55. The molecule has 0 unspecified atom stereocenters. The predicted octanol–water partition coefficient (Wildman–Crippen LogP) is 3.93. The standard InChI is InChI=1S/C16H18N2O2S/c1-11(2)14-10-21-16(17-14)18-15(19)8-7-12-5-4-6-13(9-12)20-3/h4-11H,1-3H3,(H,17,18,19)/b8-7+. The van der Waals surface area contributed by atoms with Gasteiger partial charge >= 0.3 is 0 Å². The Kier molecular flexibility index (Phi) is 5.11. The van der Waals surface area contributed by atoms with E-state index < -0.39 is 0 Å². The SMILES string of the molecule is COc1cccc(/C=C/C(=O)Nc2nc(C(C)C)cs2)c1. The van der Waals surface area contributed by atoms with Crippen LogP contribution in [-0.4, -0.2) is 18.0 Å². The van der Waals surface area contributed by atoms with E-state index >= 15 is 0 Å². The van der Waals surface area contributed by atoms with Gasteiger partial charge in [-0.05, 0) is 29.7 Å². The number of anilines is 1. The molecule has 4 nitrogen and oxygen atoms in total. The molecular formula is C16H18N2O2S. The molecule has 1 aromatic heterocycles. The van der Waals surface area contributed by atoms with E-state index in [2.05, 4.69) is 24.1 Å². The van der Waals surface area contributed by atoms with E-state index in [0.717, 1.165) is 17.0 Å². The van der Waals surface area contributed by atoms with Crippen LogP contribution < -0.4 is 10.1 Å². The molecule has 110 valence electrons. The monoisotopic (exact) mass is 302 g/mol. The highest BCUT2D eigenvalue weighted by Crippen LogP contribution is 2.21. The largest absolute Gasteiger partial charge is 0.497 e. The van der Waals surface area contributed by atoms with Gasteiger partial charge in [0, 0.05) is 11.5 Å². The summed E-state index contributed by atoms with van der Waals surface area (Å²) in [5.74, 6) is 0.931. The normalized spacial score (nSPS) is 11.0. The average molecular weight is 302 g/mol. The van der Waals surface area contributed by atoms with Crippen molar-refractivity contribution >= 4 is 28.5 Å². The molecule has 2 aromatic rings. The smallest absolute Gasteiger partial charge is 0.250 e. The molecule has 0 bridgehead atoms. The lowest BCUT2D eigenvalue weighted by molar-refractivity contribution is -0.111. The van der Waals surface area contributed by atoms with Crippen LogP contribution in [0, 0.1) is 0 Å². The summed E-state index contributed by atoms with van der Waals surface area (Å²) >= 11 is 1.44. The second kappa shape index (κ2) is 7.04. The van der Waals surface area contributed by atoms with Crippen LogP contribution >= 0.6 is 11.3 Å². The van der Waals surface area contributed by atoms with Gasteiger partial charge in [0.1, 0.15) is 5.75 Å². The van der Waals surface area contributed by atoms with Crippen molar-refractivity contribution in [3.05, 3.63) is 47.0 Å². The minimum atomic E-state index is -0.192. The Bertz CT molecular complexity index is 647. The molecule has 1 amide bonds. The molecule has 1 aromatic carbocycles. The Morgan fingerprint density at radius 3 is 2.90 bits per heavy atom. The van der Waals surface area contributed by atoms with Crippen LogP contribution in [0.25, 0.3) is 6.08 Å². The van der Waals surface area contributed by atoms with Gasteiger partial charge in [-0.3, -0.25) is 10.1 Å². The third-order valence-corrected chi connectivity index (χ3v) is 3.64. The number of aromatic nitrogens is 1. The van der Waals surface area contributed by atoms with E-state index in [0.29, 0.717) is 11.0 Å². The Balaban J connectivity index is 1.98. The molecule has 0 aliphatic rings. The second-order valence-electron chi connectivity index (χ2n) is 4.83. The number of carbonyl (C=O) groups excluding carboxylic acids is 1.